The first-order chi connectivity index (χ1) is 8.84. The third-order valence-corrected chi connectivity index (χ3v) is 3.47. The highest BCUT2D eigenvalue weighted by atomic mass is 16.1. The number of hydrogen-bond donors (Lipinski definition) is 3. The first-order valence-electron chi connectivity index (χ1n) is 6.42. The highest BCUT2D eigenvalue weighted by Crippen LogP contribution is 2.17. The van der Waals surface area contributed by atoms with Gasteiger partial charge in [0.1, 0.15) is 0 Å². The zero-order valence-corrected chi connectivity index (χ0v) is 10.2. The normalized spacial score (nSPS) is 19.9. The minimum absolute atomic E-state index is 0.0221. The summed E-state index contributed by atoms with van der Waals surface area (Å²) in [5, 5.41) is 7.39. The van der Waals surface area contributed by atoms with E-state index in [2.05, 4.69) is 15.6 Å². The lowest BCUT2D eigenvalue weighted by Gasteiger charge is -2.23. The van der Waals surface area contributed by atoms with Crippen molar-refractivity contribution in [2.45, 2.75) is 18.9 Å². The van der Waals surface area contributed by atoms with E-state index in [9.17, 15) is 4.79 Å². The number of carbonyl (C=O) groups is 1. The minimum atomic E-state index is 0.0221. The van der Waals surface area contributed by atoms with Crippen molar-refractivity contribution < 1.29 is 4.79 Å². The molecule has 3 rings (SSSR count). The van der Waals surface area contributed by atoms with E-state index in [1.807, 2.05) is 30.5 Å². The Morgan fingerprint density at radius 2 is 2.28 bits per heavy atom. The fourth-order valence-electron chi connectivity index (χ4n) is 2.52. The predicted molar refractivity (Wildman–Crippen MR) is 71.7 cm³/mol. The number of carbonyl (C=O) groups excluding carboxylic acids is 1. The molecule has 0 unspecified atom stereocenters. The summed E-state index contributed by atoms with van der Waals surface area (Å²) in [6.07, 6.45) is 4.05. The molecule has 2 heterocycles. The maximum Gasteiger partial charge on any atom is 0.252 e. The molecule has 94 valence electrons. The Balaban J connectivity index is 1.81. The van der Waals surface area contributed by atoms with Gasteiger partial charge in [-0.25, -0.2) is 0 Å². The molecular weight excluding hydrogens is 226 g/mol. The standard InChI is InChI=1S/C14H17N3O/c18-14(17-10-3-2-7-15-9-10)12-4-1-5-13-11(12)6-8-16-13/h1,4-6,8,10,15-16H,2-3,7,9H2,(H,17,18)/t10-/m1/s1. The van der Waals surface area contributed by atoms with E-state index < -0.39 is 0 Å². The quantitative estimate of drug-likeness (QED) is 0.751. The average molecular weight is 243 g/mol. The van der Waals surface area contributed by atoms with Gasteiger partial charge >= 0.3 is 0 Å². The van der Waals surface area contributed by atoms with Gasteiger partial charge in [-0.05, 0) is 37.6 Å². The molecule has 0 spiro atoms. The van der Waals surface area contributed by atoms with Crippen LogP contribution in [0.25, 0.3) is 10.9 Å². The lowest BCUT2D eigenvalue weighted by Crippen LogP contribution is -2.45. The van der Waals surface area contributed by atoms with Crippen LogP contribution in [0.3, 0.4) is 0 Å². The number of benzene rings is 1. The van der Waals surface area contributed by atoms with Crippen molar-refractivity contribution in [1.82, 2.24) is 15.6 Å². The van der Waals surface area contributed by atoms with Gasteiger partial charge in [0, 0.05) is 35.2 Å². The molecule has 4 nitrogen and oxygen atoms in total. The number of aromatic amines is 1. The van der Waals surface area contributed by atoms with Gasteiger partial charge in [0.15, 0.2) is 0 Å². The van der Waals surface area contributed by atoms with Crippen molar-refractivity contribution in [3.63, 3.8) is 0 Å². The van der Waals surface area contributed by atoms with Crippen molar-refractivity contribution in [1.29, 1.82) is 0 Å². The third-order valence-electron chi connectivity index (χ3n) is 3.47. The van der Waals surface area contributed by atoms with Crippen LogP contribution in [0.2, 0.25) is 0 Å². The Kier molecular flexibility index (Phi) is 3.02. The van der Waals surface area contributed by atoms with Gasteiger partial charge in [0.2, 0.25) is 0 Å². The van der Waals surface area contributed by atoms with Crippen LogP contribution in [-0.4, -0.2) is 30.0 Å². The Labute approximate surface area is 106 Å². The molecule has 1 saturated heterocycles. The lowest BCUT2D eigenvalue weighted by molar-refractivity contribution is 0.0932. The Morgan fingerprint density at radius 1 is 1.33 bits per heavy atom. The molecule has 1 amide bonds. The second kappa shape index (κ2) is 4.82. The number of fused-ring (bicyclic) bond motifs is 1. The number of nitrogens with one attached hydrogen (secondary N) is 3. The number of H-pyrrole nitrogens is 1. The molecule has 1 aliphatic heterocycles. The number of amides is 1. The number of piperidine rings is 1. The molecule has 1 aromatic heterocycles. The molecule has 1 aliphatic rings. The SMILES string of the molecule is O=C(N[C@@H]1CCCNC1)c1cccc2[nH]ccc12. The number of rotatable bonds is 2. The van der Waals surface area contributed by atoms with E-state index in [-0.39, 0.29) is 11.9 Å². The van der Waals surface area contributed by atoms with E-state index in [1.54, 1.807) is 0 Å². The zero-order valence-electron chi connectivity index (χ0n) is 10.2. The summed E-state index contributed by atoms with van der Waals surface area (Å²) in [6, 6.07) is 7.96. The molecule has 4 heteroatoms. The maximum atomic E-state index is 12.3. The summed E-state index contributed by atoms with van der Waals surface area (Å²) in [5.74, 6) is 0.0221. The molecule has 3 N–H and O–H groups in total. The van der Waals surface area contributed by atoms with Crippen LogP contribution in [0.1, 0.15) is 23.2 Å². The van der Waals surface area contributed by atoms with E-state index in [0.29, 0.717) is 0 Å². The first kappa shape index (κ1) is 11.3. The fourth-order valence-corrected chi connectivity index (χ4v) is 2.52. The molecule has 1 atom stereocenters. The summed E-state index contributed by atoms with van der Waals surface area (Å²) < 4.78 is 0. The van der Waals surface area contributed by atoms with Crippen molar-refractivity contribution >= 4 is 16.8 Å². The topological polar surface area (TPSA) is 56.9 Å². The lowest BCUT2D eigenvalue weighted by atomic mass is 10.1. The highest BCUT2D eigenvalue weighted by molar-refractivity contribution is 6.06. The molecule has 18 heavy (non-hydrogen) atoms. The molecule has 0 saturated carbocycles. The predicted octanol–water partition coefficient (Wildman–Crippen LogP) is 1.65. The Hall–Kier alpha value is -1.81. The second-order valence-electron chi connectivity index (χ2n) is 4.76. The van der Waals surface area contributed by atoms with Crippen molar-refractivity contribution in [3.05, 3.63) is 36.0 Å². The van der Waals surface area contributed by atoms with Crippen LogP contribution in [0.15, 0.2) is 30.5 Å². The highest BCUT2D eigenvalue weighted by Gasteiger charge is 2.17. The molecule has 0 radical (unpaired) electrons. The van der Waals surface area contributed by atoms with E-state index in [0.717, 1.165) is 42.4 Å². The van der Waals surface area contributed by atoms with Crippen LogP contribution in [0, 0.1) is 0 Å². The van der Waals surface area contributed by atoms with Gasteiger partial charge in [-0.2, -0.15) is 0 Å². The van der Waals surface area contributed by atoms with Crippen LogP contribution in [0.5, 0.6) is 0 Å². The van der Waals surface area contributed by atoms with E-state index >= 15 is 0 Å². The molecule has 0 aliphatic carbocycles. The molecule has 1 aromatic carbocycles. The molecule has 2 aromatic rings. The summed E-state index contributed by atoms with van der Waals surface area (Å²) in [7, 11) is 0. The largest absolute Gasteiger partial charge is 0.361 e. The van der Waals surface area contributed by atoms with E-state index in [4.69, 9.17) is 0 Å². The Morgan fingerprint density at radius 3 is 3.11 bits per heavy atom. The summed E-state index contributed by atoms with van der Waals surface area (Å²) in [5.41, 5.74) is 1.75. The van der Waals surface area contributed by atoms with Crippen LogP contribution < -0.4 is 10.6 Å². The van der Waals surface area contributed by atoms with Crippen LogP contribution in [-0.2, 0) is 0 Å². The average Bonchev–Trinajstić information content (AvgIpc) is 2.87. The van der Waals surface area contributed by atoms with Crippen molar-refractivity contribution in [2.24, 2.45) is 0 Å². The smallest absolute Gasteiger partial charge is 0.252 e. The molecule has 0 bridgehead atoms. The first-order valence-corrected chi connectivity index (χ1v) is 6.42. The van der Waals surface area contributed by atoms with Gasteiger partial charge in [0.05, 0.1) is 0 Å². The third kappa shape index (κ3) is 2.11. The van der Waals surface area contributed by atoms with Crippen LogP contribution in [0.4, 0.5) is 0 Å². The summed E-state index contributed by atoms with van der Waals surface area (Å²) in [4.78, 5) is 15.4. The van der Waals surface area contributed by atoms with Gasteiger partial charge in [-0.15, -0.1) is 0 Å². The van der Waals surface area contributed by atoms with Gasteiger partial charge in [-0.3, -0.25) is 4.79 Å². The van der Waals surface area contributed by atoms with Crippen LogP contribution >= 0.6 is 0 Å². The Bertz CT molecular complexity index is 555. The molecular formula is C14H17N3O. The van der Waals surface area contributed by atoms with Gasteiger partial charge in [-0.1, -0.05) is 6.07 Å². The van der Waals surface area contributed by atoms with Gasteiger partial charge in [0.25, 0.3) is 5.91 Å². The van der Waals surface area contributed by atoms with Crippen molar-refractivity contribution in [3.8, 4) is 0 Å². The number of aromatic nitrogens is 1. The maximum absolute atomic E-state index is 12.3. The monoisotopic (exact) mass is 243 g/mol. The molecule has 1 fully saturated rings. The zero-order chi connectivity index (χ0) is 12.4. The summed E-state index contributed by atoms with van der Waals surface area (Å²) >= 11 is 0. The van der Waals surface area contributed by atoms with Gasteiger partial charge < -0.3 is 15.6 Å². The summed E-state index contributed by atoms with van der Waals surface area (Å²) in [6.45, 7) is 1.93. The second-order valence-corrected chi connectivity index (χ2v) is 4.76. The van der Waals surface area contributed by atoms with E-state index in [1.165, 1.54) is 0 Å². The minimum Gasteiger partial charge on any atom is -0.361 e. The van der Waals surface area contributed by atoms with Crippen molar-refractivity contribution in [2.75, 3.05) is 13.1 Å². The fraction of sp³-hybridized carbons (Fsp3) is 0.357. The number of hydrogen-bond acceptors (Lipinski definition) is 2.